The van der Waals surface area contributed by atoms with Crippen LogP contribution in [-0.4, -0.2) is 254 Å². The molecule has 0 aromatic heterocycles. The monoisotopic (exact) mass is 1950 g/mol. The number of hydrogen-bond donors (Lipinski definition) is 2. The van der Waals surface area contributed by atoms with Crippen molar-refractivity contribution in [2.24, 2.45) is 0 Å². The number of anilines is 7. The Morgan fingerprint density at radius 3 is 1.13 bits per heavy atom. The highest BCUT2D eigenvalue weighted by molar-refractivity contribution is 5.63. The number of piperidine rings is 1. The van der Waals surface area contributed by atoms with E-state index >= 15 is 0 Å². The van der Waals surface area contributed by atoms with Crippen molar-refractivity contribution in [1.82, 2.24) is 34.3 Å². The lowest BCUT2D eigenvalue weighted by Gasteiger charge is -2.37. The Morgan fingerprint density at radius 1 is 0.358 bits per heavy atom. The molecule has 0 bridgehead atoms. The van der Waals surface area contributed by atoms with Crippen LogP contribution in [0, 0.1) is 107 Å². The van der Waals surface area contributed by atoms with Crippen molar-refractivity contribution < 1.29 is 79.0 Å². The normalized spacial score (nSPS) is 15.9. The number of rotatable bonds is 19. The molecule has 0 radical (unpaired) electrons. The lowest BCUT2D eigenvalue weighted by molar-refractivity contribution is -0.138. The summed E-state index contributed by atoms with van der Waals surface area (Å²) >= 11 is 0. The zero-order chi connectivity index (χ0) is 103. The van der Waals surface area contributed by atoms with Gasteiger partial charge < -0.3 is 64.5 Å². The van der Waals surface area contributed by atoms with Gasteiger partial charge in [-0.15, -0.1) is 6.42 Å². The summed E-state index contributed by atoms with van der Waals surface area (Å²) < 4.78 is 233. The molecule has 0 unspecified atom stereocenters. The molecule has 5 saturated heterocycles. The topological polar surface area (TPSA) is 86.7 Å². The standard InChI is InChI=1S/C16H23F3N2.C16H23N3.2C15H21F3N2.C15H17F3N2.C14H21F3N2.C13H19F3N2/c1-11-9-14(16(17,18)19)12(2)15(10-11)21-7-5-13(6-8-21)20(3)4;1-13-9-14(16(2,3)12-17)11-15(10-13)19-7-5-18(4)6-8-19;1-11-9-13(15(16,17)18)12(2)14(10-11)20-6-4-5-19(3)7-8-20;1-11-9-13(15(16,17)18)12(2)14(10-11)19-5-8-20-6-3-4-7-20;1-3-4-19-5-7-20(8-6-19)14-10-12(2)9-13(11-14)15(16,17)18;1-10-8-12(14(15,16)17)11(2)13(9-10)19(5)7-6-18(3)4;1-9-7-11(13(14,15)16)10(2)12(8-9)17-5-6-18(3)4/h9-10,13H,5-8H2,1-4H3;9-11H,5-8H2,1-4H3;9-10H,4-8H2,1-3H3;9-10,19H,3-8H2,1-2H3;1,9-11H,4-8H2,2H3;8-9H,6-7H2,1-5H3;7-8,17H,5-6H2,1-4H3. The average Bonchev–Trinajstić information content (AvgIpc) is 1.30. The van der Waals surface area contributed by atoms with Crippen LogP contribution in [0.2, 0.25) is 0 Å². The fraction of sp³-hybridized carbons (Fsp3) is 0.567. The summed E-state index contributed by atoms with van der Waals surface area (Å²) in [5, 5.41) is 15.5. The van der Waals surface area contributed by atoms with Gasteiger partial charge in [0, 0.05) is 177 Å². The molecular formula is C104H145F18N15. The summed E-state index contributed by atoms with van der Waals surface area (Å²) in [6.45, 7) is 43.6. The van der Waals surface area contributed by atoms with Gasteiger partial charge in [0.15, 0.2) is 0 Å². The number of nitrogens with zero attached hydrogens (tertiary/aromatic N) is 13. The van der Waals surface area contributed by atoms with Crippen molar-refractivity contribution in [1.29, 1.82) is 5.26 Å². The molecule has 12 rings (SSSR count). The van der Waals surface area contributed by atoms with Gasteiger partial charge >= 0.3 is 37.1 Å². The Bertz CT molecular complexity index is 5050. The number of likely N-dealkylation sites (tertiary alicyclic amines) is 1. The summed E-state index contributed by atoms with van der Waals surface area (Å²) in [5.41, 5.74) is 9.18. The number of alkyl halides is 18. The van der Waals surface area contributed by atoms with Crippen molar-refractivity contribution in [2.45, 2.75) is 178 Å². The van der Waals surface area contributed by atoms with Gasteiger partial charge in [-0.25, -0.2) is 0 Å². The molecule has 0 spiro atoms. The molecule has 5 fully saturated rings. The highest BCUT2D eigenvalue weighted by Gasteiger charge is 2.40. The smallest absolute Gasteiger partial charge is 0.384 e. The Hall–Kier alpha value is -9.35. The average molecular weight is 1950 g/mol. The van der Waals surface area contributed by atoms with E-state index in [1.165, 1.54) is 87.3 Å². The Morgan fingerprint density at radius 2 is 0.723 bits per heavy atom. The molecule has 5 aliphatic rings. The number of benzene rings is 7. The SMILES string of the molecule is C#CCN1CCN(c2cc(C)cc(C(F)(F)F)c2)CC1.Cc1cc(N(C)CCN(C)C)c(C)c(C(F)(F)F)c1.Cc1cc(N2CCC(N(C)C)CC2)c(C)c(C(F)(F)F)c1.Cc1cc(N2CCCN(C)CC2)c(C)c(C(F)(F)F)c1.Cc1cc(N2CCN(C)CC2)cc(C(C)(C)C#N)c1.Cc1cc(NCCN(C)C)c(C)c(C(F)(F)F)c1.Cc1cc(NCCN2CCCC2)c(C)c(C(F)(F)F)c1. The maximum atomic E-state index is 13.1. The molecule has 5 heterocycles. The molecule has 2 N–H and O–H groups in total. The van der Waals surface area contributed by atoms with Crippen LogP contribution in [0.15, 0.2) is 97.1 Å². The maximum Gasteiger partial charge on any atom is 0.416 e. The summed E-state index contributed by atoms with van der Waals surface area (Å²) in [7, 11) is 17.9. The van der Waals surface area contributed by atoms with Crippen LogP contribution in [-0.2, 0) is 42.5 Å². The zero-order valence-corrected chi connectivity index (χ0v) is 84.3. The molecule has 0 amide bonds. The van der Waals surface area contributed by atoms with Crippen LogP contribution in [0.4, 0.5) is 119 Å². The van der Waals surface area contributed by atoms with Crippen LogP contribution in [0.1, 0.15) is 152 Å². The number of piperazine rings is 2. The second kappa shape index (κ2) is 51.2. The summed E-state index contributed by atoms with van der Waals surface area (Å²) in [6, 6.07) is 28.8. The number of terminal acetylenes is 1. The molecule has 0 atom stereocenters. The zero-order valence-electron chi connectivity index (χ0n) is 84.3. The number of nitriles is 1. The van der Waals surface area contributed by atoms with Gasteiger partial charge in [0.1, 0.15) is 0 Å². The van der Waals surface area contributed by atoms with Gasteiger partial charge in [-0.1, -0.05) is 12.0 Å². The number of halogens is 18. The van der Waals surface area contributed by atoms with Crippen LogP contribution in [0.5, 0.6) is 0 Å². The Labute approximate surface area is 802 Å². The van der Waals surface area contributed by atoms with Crippen molar-refractivity contribution in [2.75, 3.05) is 249 Å². The first-order valence-electron chi connectivity index (χ1n) is 46.6. The van der Waals surface area contributed by atoms with Gasteiger partial charge in [-0.3, -0.25) is 4.90 Å². The van der Waals surface area contributed by atoms with E-state index in [-0.39, 0.29) is 11.1 Å². The highest BCUT2D eigenvalue weighted by atomic mass is 19.4. The van der Waals surface area contributed by atoms with E-state index in [2.05, 4.69) is 108 Å². The van der Waals surface area contributed by atoms with Crippen LogP contribution in [0.3, 0.4) is 0 Å². The van der Waals surface area contributed by atoms with Gasteiger partial charge in [-0.05, 0) is 368 Å². The number of hydrogen-bond acceptors (Lipinski definition) is 15. The minimum absolute atomic E-state index is 0.256. The summed E-state index contributed by atoms with van der Waals surface area (Å²) in [6.07, 6.45) is -15.1. The molecule has 137 heavy (non-hydrogen) atoms. The van der Waals surface area contributed by atoms with Crippen LogP contribution in [0.25, 0.3) is 0 Å². The third kappa shape index (κ3) is 36.7. The first-order chi connectivity index (χ1) is 63.5. The van der Waals surface area contributed by atoms with Gasteiger partial charge in [0.2, 0.25) is 0 Å². The van der Waals surface area contributed by atoms with E-state index in [0.29, 0.717) is 118 Å². The predicted molar refractivity (Wildman–Crippen MR) is 524 cm³/mol. The minimum Gasteiger partial charge on any atom is -0.384 e. The second-order valence-corrected chi connectivity index (χ2v) is 38.2. The lowest BCUT2D eigenvalue weighted by Crippen LogP contribution is -2.46. The largest absolute Gasteiger partial charge is 0.416 e. The van der Waals surface area contributed by atoms with Crippen molar-refractivity contribution in [3.8, 4) is 18.4 Å². The molecule has 0 saturated carbocycles. The second-order valence-electron chi connectivity index (χ2n) is 38.2. The van der Waals surface area contributed by atoms with Crippen molar-refractivity contribution >= 4 is 39.8 Å². The number of likely N-dealkylation sites (N-methyl/N-ethyl adjacent to an activating group) is 5. The van der Waals surface area contributed by atoms with E-state index in [4.69, 9.17) is 6.42 Å². The quantitative estimate of drug-likeness (QED) is 0.0595. The fourth-order valence-corrected chi connectivity index (χ4v) is 17.1. The van der Waals surface area contributed by atoms with Crippen LogP contribution < -0.4 is 35.1 Å². The molecule has 5 aliphatic heterocycles. The van der Waals surface area contributed by atoms with E-state index in [1.807, 2.05) is 87.9 Å². The fourth-order valence-electron chi connectivity index (χ4n) is 17.1. The third-order valence-electron chi connectivity index (χ3n) is 25.3. The van der Waals surface area contributed by atoms with E-state index in [1.54, 1.807) is 79.7 Å². The third-order valence-corrected chi connectivity index (χ3v) is 25.3. The summed E-state index contributed by atoms with van der Waals surface area (Å²) in [4.78, 5) is 25.7. The number of nitrogens with one attached hydrogen (secondary N) is 2. The predicted octanol–water partition coefficient (Wildman–Crippen LogP) is 23.1. The van der Waals surface area contributed by atoms with Crippen molar-refractivity contribution in [3.63, 3.8) is 0 Å². The maximum absolute atomic E-state index is 13.1. The highest BCUT2D eigenvalue weighted by Crippen LogP contribution is 2.44. The molecule has 762 valence electrons. The molecule has 15 nitrogen and oxygen atoms in total. The van der Waals surface area contributed by atoms with E-state index in [0.717, 1.165) is 147 Å². The van der Waals surface area contributed by atoms with Crippen LogP contribution >= 0.6 is 0 Å². The Balaban J connectivity index is 0.000000245. The first-order valence-corrected chi connectivity index (χ1v) is 46.6. The molecule has 0 aliphatic carbocycles. The Kier molecular flexibility index (Phi) is 43.5. The van der Waals surface area contributed by atoms with Crippen molar-refractivity contribution in [3.05, 3.63) is 203 Å². The van der Waals surface area contributed by atoms with Gasteiger partial charge in [0.25, 0.3) is 0 Å². The molecule has 7 aromatic carbocycles. The molecule has 7 aromatic rings. The first kappa shape index (κ1) is 116. The van der Waals surface area contributed by atoms with Gasteiger partial charge in [0.05, 0.1) is 51.4 Å². The summed E-state index contributed by atoms with van der Waals surface area (Å²) in [5.74, 6) is 2.59. The van der Waals surface area contributed by atoms with E-state index < -0.39 is 75.9 Å². The molecular weight excluding hydrogens is 1800 g/mol. The van der Waals surface area contributed by atoms with Gasteiger partial charge in [-0.2, -0.15) is 84.3 Å². The van der Waals surface area contributed by atoms with E-state index in [9.17, 15) is 84.3 Å². The number of aryl methyl sites for hydroxylation is 7. The minimum atomic E-state index is -4.30. The lowest BCUT2D eigenvalue weighted by atomic mass is 9.85. The molecule has 33 heteroatoms.